The smallest absolute Gasteiger partial charge is 0.348 e. The molecule has 1 aromatic heterocycles. The number of nitrogens with zero attached hydrogens (tertiary/aromatic N) is 2. The number of hydrogen-bond acceptors (Lipinski definition) is 8. The topological polar surface area (TPSA) is 97.4 Å². The molecule has 0 spiro atoms. The van der Waals surface area contributed by atoms with Gasteiger partial charge in [-0.15, -0.1) is 11.3 Å². The number of carbonyl (C=O) groups excluding carboxylic acids is 3. The summed E-state index contributed by atoms with van der Waals surface area (Å²) in [5.41, 5.74) is 0.679. The van der Waals surface area contributed by atoms with E-state index in [1.165, 1.54) is 0 Å². The molecule has 0 radical (unpaired) electrons. The van der Waals surface area contributed by atoms with Crippen LogP contribution in [0.1, 0.15) is 66.1 Å². The van der Waals surface area contributed by atoms with Crippen LogP contribution in [-0.4, -0.2) is 85.9 Å². The normalized spacial score (nSPS) is 21.9. The largest absolute Gasteiger partial charge is 0.462 e. The van der Waals surface area contributed by atoms with Gasteiger partial charge in [-0.05, 0) is 58.9 Å². The first-order valence-corrected chi connectivity index (χ1v) is 13.0. The number of esters is 2. The van der Waals surface area contributed by atoms with Crippen molar-refractivity contribution in [2.45, 2.75) is 59.7 Å². The van der Waals surface area contributed by atoms with Crippen LogP contribution in [0.3, 0.4) is 0 Å². The van der Waals surface area contributed by atoms with Crippen molar-refractivity contribution < 1.29 is 28.6 Å². The number of ether oxygens (including phenoxy) is 3. The van der Waals surface area contributed by atoms with Crippen LogP contribution in [0.5, 0.6) is 0 Å². The lowest BCUT2D eigenvalue weighted by atomic mass is 9.96. The van der Waals surface area contributed by atoms with Crippen molar-refractivity contribution in [2.24, 2.45) is 5.92 Å². The van der Waals surface area contributed by atoms with Crippen LogP contribution in [0.4, 0.5) is 9.80 Å². The fourth-order valence-electron chi connectivity index (χ4n) is 4.74. The molecule has 2 aliphatic heterocycles. The summed E-state index contributed by atoms with van der Waals surface area (Å²) >= 11 is 1.05. The summed E-state index contributed by atoms with van der Waals surface area (Å²) in [6.45, 7) is 14.0. The summed E-state index contributed by atoms with van der Waals surface area (Å²) in [5.74, 6) is -0.533. The Hall–Kier alpha value is -2.17. The number of likely N-dealkylation sites (tertiary alicyclic amines) is 1. The van der Waals surface area contributed by atoms with Crippen LogP contribution in [0.2, 0.25) is 0 Å². The highest BCUT2D eigenvalue weighted by molar-refractivity contribution is 7.18. The Morgan fingerprint density at radius 3 is 2.21 bits per heavy atom. The third-order valence-electron chi connectivity index (χ3n) is 6.22. The van der Waals surface area contributed by atoms with Crippen LogP contribution in [-0.2, 0) is 14.2 Å². The molecule has 0 bridgehead atoms. The summed E-state index contributed by atoms with van der Waals surface area (Å²) < 4.78 is 16.1. The van der Waals surface area contributed by atoms with Crippen LogP contribution in [0, 0.1) is 12.8 Å². The number of amides is 2. The summed E-state index contributed by atoms with van der Waals surface area (Å²) in [6.07, 6.45) is 2.35. The zero-order chi connectivity index (χ0) is 24.8. The molecule has 3 rings (SSSR count). The predicted molar refractivity (Wildman–Crippen MR) is 131 cm³/mol. The highest BCUT2D eigenvalue weighted by Crippen LogP contribution is 2.35. The Morgan fingerprint density at radius 2 is 1.62 bits per heavy atom. The van der Waals surface area contributed by atoms with Gasteiger partial charge in [-0.1, -0.05) is 0 Å². The first-order valence-electron chi connectivity index (χ1n) is 12.1. The minimum absolute atomic E-state index is 0.199. The molecule has 0 aliphatic carbocycles. The summed E-state index contributed by atoms with van der Waals surface area (Å²) in [5, 5.41) is 3.18. The predicted octanol–water partition coefficient (Wildman–Crippen LogP) is 3.76. The molecule has 0 saturated carbocycles. The van der Waals surface area contributed by atoms with Gasteiger partial charge in [0.15, 0.2) is 0 Å². The zero-order valence-electron chi connectivity index (χ0n) is 20.8. The maximum atomic E-state index is 13.0. The zero-order valence-corrected chi connectivity index (χ0v) is 21.7. The van der Waals surface area contributed by atoms with Gasteiger partial charge in [0.25, 0.3) is 0 Å². The van der Waals surface area contributed by atoms with E-state index in [9.17, 15) is 14.4 Å². The number of anilines is 1. The van der Waals surface area contributed by atoms with E-state index in [2.05, 4.69) is 24.1 Å². The van der Waals surface area contributed by atoms with Gasteiger partial charge in [-0.3, -0.25) is 10.2 Å². The van der Waals surface area contributed by atoms with Crippen LogP contribution in [0.15, 0.2) is 0 Å². The standard InChI is InChI=1S/C24H37N3O6S/c1-6-31-22(28)19-17(5)20(23(29)32-7-2)34-21(19)25-24(30)27-10-8-18(9-11-27)14-26-12-15(3)33-16(4)13-26/h15-16,18H,6-14H2,1-5H3,(H,25,30)/t15-,16-/m0/s1. The summed E-state index contributed by atoms with van der Waals surface area (Å²) in [7, 11) is 0. The first-order chi connectivity index (χ1) is 16.2. The third-order valence-corrected chi connectivity index (χ3v) is 7.41. The van der Waals surface area contributed by atoms with E-state index in [0.29, 0.717) is 34.4 Å². The summed E-state index contributed by atoms with van der Waals surface area (Å²) in [4.78, 5) is 42.5. The fourth-order valence-corrected chi connectivity index (χ4v) is 5.81. The number of rotatable bonds is 7. The second-order valence-corrected chi connectivity index (χ2v) is 10.1. The van der Waals surface area contributed by atoms with Gasteiger partial charge in [0.05, 0.1) is 31.0 Å². The molecule has 1 N–H and O–H groups in total. The number of hydrogen-bond donors (Lipinski definition) is 1. The van der Waals surface area contributed by atoms with Crippen LogP contribution >= 0.6 is 11.3 Å². The Kier molecular flexibility index (Phi) is 9.32. The Morgan fingerprint density at radius 1 is 1.03 bits per heavy atom. The molecule has 2 atom stereocenters. The van der Waals surface area contributed by atoms with E-state index in [1.807, 2.05) is 0 Å². The second kappa shape index (κ2) is 12.0. The molecule has 190 valence electrons. The van der Waals surface area contributed by atoms with E-state index in [-0.39, 0.29) is 37.0 Å². The van der Waals surface area contributed by atoms with Crippen molar-refractivity contribution in [3.8, 4) is 0 Å². The van der Waals surface area contributed by atoms with Crippen molar-refractivity contribution in [3.05, 3.63) is 16.0 Å². The van der Waals surface area contributed by atoms with Gasteiger partial charge in [-0.2, -0.15) is 0 Å². The van der Waals surface area contributed by atoms with Gasteiger partial charge in [0, 0.05) is 32.7 Å². The molecule has 2 fully saturated rings. The van der Waals surface area contributed by atoms with E-state index in [4.69, 9.17) is 14.2 Å². The van der Waals surface area contributed by atoms with E-state index < -0.39 is 11.9 Å². The molecule has 2 amide bonds. The van der Waals surface area contributed by atoms with Crippen molar-refractivity contribution in [1.29, 1.82) is 0 Å². The van der Waals surface area contributed by atoms with E-state index >= 15 is 0 Å². The van der Waals surface area contributed by atoms with Gasteiger partial charge >= 0.3 is 18.0 Å². The maximum Gasteiger partial charge on any atom is 0.348 e. The number of nitrogens with one attached hydrogen (secondary N) is 1. The number of urea groups is 1. The molecule has 9 nitrogen and oxygen atoms in total. The SMILES string of the molecule is CCOC(=O)c1sc(NC(=O)N2CCC(CN3C[C@H](C)O[C@@H](C)C3)CC2)c(C(=O)OCC)c1C. The third kappa shape index (κ3) is 6.49. The number of morpholine rings is 1. The lowest BCUT2D eigenvalue weighted by molar-refractivity contribution is -0.0728. The molecule has 34 heavy (non-hydrogen) atoms. The Bertz CT molecular complexity index is 870. The molecule has 1 aromatic rings. The molecule has 0 unspecified atom stereocenters. The second-order valence-electron chi connectivity index (χ2n) is 9.04. The molecular weight excluding hydrogens is 458 g/mol. The number of thiophene rings is 1. The maximum absolute atomic E-state index is 13.0. The Balaban J connectivity index is 1.62. The fraction of sp³-hybridized carbons (Fsp3) is 0.708. The number of carbonyl (C=O) groups is 3. The lowest BCUT2D eigenvalue weighted by Crippen LogP contribution is -2.49. The molecule has 2 saturated heterocycles. The average Bonchev–Trinajstić information content (AvgIpc) is 3.09. The van der Waals surface area contributed by atoms with Crippen LogP contribution < -0.4 is 5.32 Å². The first kappa shape index (κ1) is 26.4. The van der Waals surface area contributed by atoms with Crippen molar-refractivity contribution in [3.63, 3.8) is 0 Å². The highest BCUT2D eigenvalue weighted by Gasteiger charge is 2.31. The lowest BCUT2D eigenvalue weighted by Gasteiger charge is -2.39. The quantitative estimate of drug-likeness (QED) is 0.575. The minimum Gasteiger partial charge on any atom is -0.462 e. The highest BCUT2D eigenvalue weighted by atomic mass is 32.1. The average molecular weight is 496 g/mol. The monoisotopic (exact) mass is 495 g/mol. The van der Waals surface area contributed by atoms with Crippen LogP contribution in [0.25, 0.3) is 0 Å². The molecule has 2 aliphatic rings. The minimum atomic E-state index is -0.560. The van der Waals surface area contributed by atoms with E-state index in [1.54, 1.807) is 25.7 Å². The Labute approximate surface area is 205 Å². The molecular formula is C24H37N3O6S. The summed E-state index contributed by atoms with van der Waals surface area (Å²) in [6, 6.07) is -0.269. The van der Waals surface area contributed by atoms with Gasteiger partial charge in [-0.25, -0.2) is 14.4 Å². The number of piperidine rings is 1. The molecule has 3 heterocycles. The van der Waals surface area contributed by atoms with Gasteiger partial charge in [0.2, 0.25) is 0 Å². The van der Waals surface area contributed by atoms with Crippen molar-refractivity contribution in [1.82, 2.24) is 9.80 Å². The van der Waals surface area contributed by atoms with Gasteiger partial charge in [0.1, 0.15) is 9.88 Å². The van der Waals surface area contributed by atoms with Crippen molar-refractivity contribution >= 4 is 34.3 Å². The van der Waals surface area contributed by atoms with Gasteiger partial charge < -0.3 is 19.1 Å². The van der Waals surface area contributed by atoms with Crippen molar-refractivity contribution in [2.75, 3.05) is 51.3 Å². The molecule has 10 heteroatoms. The van der Waals surface area contributed by atoms with E-state index in [0.717, 1.165) is 43.8 Å². The molecule has 0 aromatic carbocycles.